The highest BCUT2D eigenvalue weighted by Gasteiger charge is 2.28. The fraction of sp³-hybridized carbons (Fsp3) is 0.348. The van der Waals surface area contributed by atoms with Gasteiger partial charge in [-0.05, 0) is 44.0 Å². The third-order valence-electron chi connectivity index (χ3n) is 5.32. The zero-order valence-electron chi connectivity index (χ0n) is 18.9. The molecule has 32 heavy (non-hydrogen) atoms. The van der Waals surface area contributed by atoms with Gasteiger partial charge in [-0.2, -0.15) is 4.31 Å². The molecule has 0 radical (unpaired) electrons. The van der Waals surface area contributed by atoms with Gasteiger partial charge in [0.15, 0.2) is 11.5 Å². The number of nitrogens with zero attached hydrogens (tertiary/aromatic N) is 1. The lowest BCUT2D eigenvalue weighted by Crippen LogP contribution is -2.35. The molecule has 0 aliphatic carbocycles. The fourth-order valence-corrected chi connectivity index (χ4v) is 5.81. The molecule has 172 valence electrons. The van der Waals surface area contributed by atoms with Crippen LogP contribution in [0.25, 0.3) is 10.9 Å². The van der Waals surface area contributed by atoms with Crippen LogP contribution in [0.15, 0.2) is 40.0 Å². The number of fused-ring (bicyclic) bond motifs is 1. The second-order valence-electron chi connectivity index (χ2n) is 7.71. The van der Waals surface area contributed by atoms with E-state index >= 15 is 0 Å². The van der Waals surface area contributed by atoms with Crippen molar-refractivity contribution in [2.45, 2.75) is 32.2 Å². The first kappa shape index (κ1) is 23.8. The Morgan fingerprint density at radius 1 is 0.969 bits per heavy atom. The summed E-state index contributed by atoms with van der Waals surface area (Å²) in [6, 6.07) is 8.61. The number of H-pyrrole nitrogens is 1. The maximum absolute atomic E-state index is 13.5. The predicted octanol–water partition coefficient (Wildman–Crippen LogP) is 2.65. The summed E-state index contributed by atoms with van der Waals surface area (Å²) in [7, 11) is -0.942. The van der Waals surface area contributed by atoms with Gasteiger partial charge in [-0.25, -0.2) is 8.42 Å². The van der Waals surface area contributed by atoms with Crippen molar-refractivity contribution in [3.63, 3.8) is 0 Å². The lowest BCUT2D eigenvalue weighted by molar-refractivity contribution is 0.250. The summed E-state index contributed by atoms with van der Waals surface area (Å²) < 4.78 is 38.7. The number of ether oxygens (including phenoxy) is 2. The van der Waals surface area contributed by atoms with Crippen LogP contribution in [0.4, 0.5) is 0 Å². The zero-order valence-corrected chi connectivity index (χ0v) is 19.7. The van der Waals surface area contributed by atoms with Gasteiger partial charge in [0.05, 0.1) is 31.2 Å². The van der Waals surface area contributed by atoms with Crippen molar-refractivity contribution in [1.82, 2.24) is 9.29 Å². The number of aliphatic hydroxyl groups excluding tert-OH is 1. The first-order chi connectivity index (χ1) is 15.1. The van der Waals surface area contributed by atoms with Crippen molar-refractivity contribution >= 4 is 20.9 Å². The third-order valence-corrected chi connectivity index (χ3v) is 7.48. The highest BCUT2D eigenvalue weighted by Crippen LogP contribution is 2.31. The summed E-state index contributed by atoms with van der Waals surface area (Å²) in [6.07, 6.45) is 0. The first-order valence-corrected chi connectivity index (χ1v) is 11.5. The Balaban J connectivity index is 2.09. The number of nitrogens with one attached hydrogen (secondary N) is 1. The van der Waals surface area contributed by atoms with Crippen molar-refractivity contribution in [1.29, 1.82) is 0 Å². The van der Waals surface area contributed by atoms with Crippen molar-refractivity contribution in [3.05, 3.63) is 62.9 Å². The van der Waals surface area contributed by atoms with E-state index in [1.165, 1.54) is 14.2 Å². The maximum atomic E-state index is 13.5. The number of hydrogen-bond donors (Lipinski definition) is 2. The molecular formula is C23H28N2O6S. The second kappa shape index (κ2) is 9.32. The van der Waals surface area contributed by atoms with Crippen LogP contribution < -0.4 is 15.0 Å². The van der Waals surface area contributed by atoms with E-state index < -0.39 is 15.6 Å². The first-order valence-electron chi connectivity index (χ1n) is 10.1. The monoisotopic (exact) mass is 460 g/mol. The van der Waals surface area contributed by atoms with Crippen LogP contribution in [0.5, 0.6) is 11.5 Å². The van der Waals surface area contributed by atoms with Gasteiger partial charge in [0.2, 0.25) is 10.0 Å². The maximum Gasteiger partial charge on any atom is 0.252 e. The summed E-state index contributed by atoms with van der Waals surface area (Å²) in [5, 5.41) is 10.2. The van der Waals surface area contributed by atoms with Crippen molar-refractivity contribution < 1.29 is 23.0 Å². The Hall–Kier alpha value is -2.88. The lowest BCUT2D eigenvalue weighted by Gasteiger charge is -2.24. The lowest BCUT2D eigenvalue weighted by atomic mass is 10.1. The van der Waals surface area contributed by atoms with E-state index in [1.807, 2.05) is 6.92 Å². The molecule has 0 aliphatic rings. The van der Waals surface area contributed by atoms with Gasteiger partial charge in [0, 0.05) is 30.1 Å². The van der Waals surface area contributed by atoms with Gasteiger partial charge in [0.1, 0.15) is 0 Å². The number of sulfonamides is 1. The third kappa shape index (κ3) is 4.50. The molecule has 8 nitrogen and oxygen atoms in total. The van der Waals surface area contributed by atoms with E-state index in [0.717, 1.165) is 9.87 Å². The summed E-state index contributed by atoms with van der Waals surface area (Å²) in [5.41, 5.74) is 2.58. The summed E-state index contributed by atoms with van der Waals surface area (Å²) in [6.45, 7) is 4.69. The molecule has 0 spiro atoms. The standard InChI is InChI=1S/C23H28N2O6S/c1-14-8-15(2)22(16(3)9-14)32(28,29)25(6-7-26)13-18-10-17-11-20(30-4)21(31-5)12-19(17)24-23(18)27/h8-12,26H,6-7,13H2,1-5H3,(H,24,27). The van der Waals surface area contributed by atoms with Gasteiger partial charge in [0.25, 0.3) is 5.56 Å². The van der Waals surface area contributed by atoms with Gasteiger partial charge in [-0.1, -0.05) is 17.7 Å². The van der Waals surface area contributed by atoms with Gasteiger partial charge in [-0.15, -0.1) is 0 Å². The molecule has 0 saturated carbocycles. The Morgan fingerprint density at radius 2 is 1.56 bits per heavy atom. The van der Waals surface area contributed by atoms with Gasteiger partial charge < -0.3 is 19.6 Å². The SMILES string of the molecule is COc1cc2cc(CN(CCO)S(=O)(=O)c3c(C)cc(C)cc3C)c(=O)[nH]c2cc1OC. The number of methoxy groups -OCH3 is 2. The Labute approximate surface area is 187 Å². The molecule has 2 N–H and O–H groups in total. The van der Waals surface area contributed by atoms with E-state index in [9.17, 15) is 18.3 Å². The number of aryl methyl sites for hydroxylation is 3. The smallest absolute Gasteiger partial charge is 0.252 e. The molecule has 3 rings (SSSR count). The van der Waals surface area contributed by atoms with Crippen LogP contribution in [-0.4, -0.2) is 50.2 Å². The molecule has 0 atom stereocenters. The molecule has 3 aromatic rings. The predicted molar refractivity (Wildman–Crippen MR) is 123 cm³/mol. The zero-order chi connectivity index (χ0) is 23.6. The van der Waals surface area contributed by atoms with Crippen molar-refractivity contribution in [3.8, 4) is 11.5 Å². The van der Waals surface area contributed by atoms with Crippen LogP contribution in [0.2, 0.25) is 0 Å². The van der Waals surface area contributed by atoms with Crippen LogP contribution in [0.1, 0.15) is 22.3 Å². The quantitative estimate of drug-likeness (QED) is 0.535. The van der Waals surface area contributed by atoms with Crippen molar-refractivity contribution in [2.75, 3.05) is 27.4 Å². The molecule has 0 amide bonds. The van der Waals surface area contributed by atoms with Crippen LogP contribution >= 0.6 is 0 Å². The normalized spacial score (nSPS) is 11.8. The van der Waals surface area contributed by atoms with E-state index in [1.54, 1.807) is 44.2 Å². The average molecular weight is 461 g/mol. The molecule has 0 unspecified atom stereocenters. The molecule has 0 aliphatic heterocycles. The molecular weight excluding hydrogens is 432 g/mol. The number of hydrogen-bond acceptors (Lipinski definition) is 6. The van der Waals surface area contributed by atoms with Crippen LogP contribution in [0, 0.1) is 20.8 Å². The molecule has 9 heteroatoms. The van der Waals surface area contributed by atoms with Crippen LogP contribution in [-0.2, 0) is 16.6 Å². The van der Waals surface area contributed by atoms with Gasteiger partial charge in [-0.3, -0.25) is 4.79 Å². The van der Waals surface area contributed by atoms with E-state index in [2.05, 4.69) is 4.98 Å². The largest absolute Gasteiger partial charge is 0.493 e. The Kier molecular flexibility index (Phi) is 6.92. The molecule has 0 fully saturated rings. The van der Waals surface area contributed by atoms with Crippen molar-refractivity contribution in [2.24, 2.45) is 0 Å². The molecule has 1 heterocycles. The highest BCUT2D eigenvalue weighted by atomic mass is 32.2. The minimum atomic E-state index is -3.96. The topological polar surface area (TPSA) is 109 Å². The Morgan fingerprint density at radius 3 is 2.12 bits per heavy atom. The summed E-state index contributed by atoms with van der Waals surface area (Å²) >= 11 is 0. The molecule has 0 saturated heterocycles. The number of aromatic nitrogens is 1. The molecule has 1 aromatic heterocycles. The Bertz CT molecular complexity index is 1290. The minimum absolute atomic E-state index is 0.140. The van der Waals surface area contributed by atoms with Gasteiger partial charge >= 0.3 is 0 Å². The molecule has 2 aromatic carbocycles. The van der Waals surface area contributed by atoms with E-state index in [0.29, 0.717) is 33.5 Å². The molecule has 0 bridgehead atoms. The van der Waals surface area contributed by atoms with E-state index in [4.69, 9.17) is 9.47 Å². The highest BCUT2D eigenvalue weighted by molar-refractivity contribution is 7.89. The number of rotatable bonds is 8. The number of aromatic amines is 1. The number of pyridine rings is 1. The number of aliphatic hydroxyl groups is 1. The minimum Gasteiger partial charge on any atom is -0.493 e. The second-order valence-corrected chi connectivity index (χ2v) is 9.58. The van der Waals surface area contributed by atoms with Crippen LogP contribution in [0.3, 0.4) is 0 Å². The summed E-state index contributed by atoms with van der Waals surface area (Å²) in [4.78, 5) is 15.7. The summed E-state index contributed by atoms with van der Waals surface area (Å²) in [5.74, 6) is 0.960. The fourth-order valence-electron chi connectivity index (χ4n) is 3.98. The number of benzene rings is 2. The average Bonchev–Trinajstić information content (AvgIpc) is 2.71. The van der Waals surface area contributed by atoms with E-state index in [-0.39, 0.29) is 30.2 Å².